The molecule has 0 spiro atoms. The van der Waals surface area contributed by atoms with Crippen LogP contribution in [0.3, 0.4) is 0 Å². The van der Waals surface area contributed by atoms with E-state index in [1.165, 1.54) is 12.1 Å². The van der Waals surface area contributed by atoms with E-state index in [0.717, 1.165) is 13.2 Å². The Morgan fingerprint density at radius 3 is 2.41 bits per heavy atom. The van der Waals surface area contributed by atoms with Crippen LogP contribution in [0.2, 0.25) is 0 Å². The van der Waals surface area contributed by atoms with Crippen LogP contribution in [0.5, 0.6) is 11.5 Å². The molecule has 10 nitrogen and oxygen atoms in total. The highest BCUT2D eigenvalue weighted by Gasteiger charge is 2.48. The van der Waals surface area contributed by atoms with Gasteiger partial charge in [-0.3, -0.25) is 4.79 Å². The lowest BCUT2D eigenvalue weighted by Crippen LogP contribution is -2.61. The molecule has 1 aromatic heterocycles. The monoisotopic (exact) mass is 444 g/mol. The Balaban J connectivity index is 1.70. The number of rotatable bonds is 4. The van der Waals surface area contributed by atoms with Crippen molar-refractivity contribution in [3.05, 3.63) is 58.8 Å². The zero-order valence-corrected chi connectivity index (χ0v) is 16.7. The standard InChI is InChI=1S/C22H20O10/c1-29-21(28)20-18(26)17(25)19(27)22(32-20)30-11-7-12(23)16-13(24)9-14(31-15(16)8-11)10-5-3-2-4-6-10/h2-9,17-20,22-23,25-27H,1H3. The maximum atomic E-state index is 12.5. The summed E-state index contributed by atoms with van der Waals surface area (Å²) in [5.41, 5.74) is 0.163. The molecule has 1 fully saturated rings. The number of esters is 1. The number of benzene rings is 2. The summed E-state index contributed by atoms with van der Waals surface area (Å²) in [5.74, 6) is -1.24. The summed E-state index contributed by atoms with van der Waals surface area (Å²) in [6, 6.07) is 12.5. The molecule has 1 saturated heterocycles. The molecule has 0 bridgehead atoms. The molecule has 1 aliphatic rings. The molecule has 0 saturated carbocycles. The second-order valence-electron chi connectivity index (χ2n) is 7.19. The Labute approximate surface area is 180 Å². The van der Waals surface area contributed by atoms with E-state index in [1.807, 2.05) is 6.07 Å². The maximum absolute atomic E-state index is 12.5. The number of aliphatic hydroxyl groups is 3. The Morgan fingerprint density at radius 1 is 1.00 bits per heavy atom. The number of aromatic hydroxyl groups is 1. The quantitative estimate of drug-likeness (QED) is 0.419. The van der Waals surface area contributed by atoms with Crippen LogP contribution in [0.15, 0.2) is 57.7 Å². The van der Waals surface area contributed by atoms with Crippen LogP contribution in [0.1, 0.15) is 0 Å². The van der Waals surface area contributed by atoms with E-state index in [-0.39, 0.29) is 22.5 Å². The minimum absolute atomic E-state index is 0.00162. The number of carbonyl (C=O) groups excluding carboxylic acids is 1. The normalized spacial score (nSPS) is 25.4. The Hall–Kier alpha value is -3.44. The zero-order valence-electron chi connectivity index (χ0n) is 16.7. The van der Waals surface area contributed by atoms with Gasteiger partial charge in [0.05, 0.1) is 7.11 Å². The summed E-state index contributed by atoms with van der Waals surface area (Å²) in [6.45, 7) is 0. The third kappa shape index (κ3) is 3.92. The molecule has 2 aromatic carbocycles. The molecular weight excluding hydrogens is 424 g/mol. The lowest BCUT2D eigenvalue weighted by Gasteiger charge is -2.38. The predicted octanol–water partition coefficient (Wildman–Crippen LogP) is 0.525. The van der Waals surface area contributed by atoms with Gasteiger partial charge in [-0.25, -0.2) is 4.79 Å². The molecule has 32 heavy (non-hydrogen) atoms. The summed E-state index contributed by atoms with van der Waals surface area (Å²) in [7, 11) is 1.07. The number of aliphatic hydroxyl groups excluding tert-OH is 3. The fraction of sp³-hybridized carbons (Fsp3) is 0.273. The summed E-state index contributed by atoms with van der Waals surface area (Å²) < 4.78 is 21.1. The van der Waals surface area contributed by atoms with Crippen LogP contribution < -0.4 is 10.2 Å². The number of ether oxygens (including phenoxy) is 3. The van der Waals surface area contributed by atoms with Crippen LogP contribution in [-0.4, -0.2) is 64.2 Å². The van der Waals surface area contributed by atoms with E-state index in [2.05, 4.69) is 4.74 Å². The zero-order chi connectivity index (χ0) is 23.0. The molecule has 5 unspecified atom stereocenters. The number of hydrogen-bond donors (Lipinski definition) is 4. The third-order valence-electron chi connectivity index (χ3n) is 5.10. The van der Waals surface area contributed by atoms with Crippen LogP contribution in [0.25, 0.3) is 22.3 Å². The van der Waals surface area contributed by atoms with E-state index in [9.17, 15) is 30.0 Å². The van der Waals surface area contributed by atoms with Crippen molar-refractivity contribution in [2.24, 2.45) is 0 Å². The van der Waals surface area contributed by atoms with E-state index < -0.39 is 47.9 Å². The van der Waals surface area contributed by atoms with Crippen LogP contribution in [0, 0.1) is 0 Å². The van der Waals surface area contributed by atoms with Gasteiger partial charge in [-0.1, -0.05) is 30.3 Å². The lowest BCUT2D eigenvalue weighted by atomic mass is 9.99. The highest BCUT2D eigenvalue weighted by molar-refractivity contribution is 5.86. The van der Waals surface area contributed by atoms with Gasteiger partial charge in [0.2, 0.25) is 6.29 Å². The molecule has 2 heterocycles. The van der Waals surface area contributed by atoms with Gasteiger partial charge in [-0.05, 0) is 0 Å². The Bertz CT molecular complexity index is 1190. The first-order chi connectivity index (χ1) is 15.3. The molecule has 4 N–H and O–H groups in total. The molecular formula is C22H20O10. The number of phenolic OH excluding ortho intramolecular Hbond substituents is 1. The average Bonchev–Trinajstić information content (AvgIpc) is 2.79. The largest absolute Gasteiger partial charge is 0.507 e. The van der Waals surface area contributed by atoms with Crippen molar-refractivity contribution in [3.8, 4) is 22.8 Å². The van der Waals surface area contributed by atoms with Crippen molar-refractivity contribution >= 4 is 16.9 Å². The molecule has 0 amide bonds. The lowest BCUT2D eigenvalue weighted by molar-refractivity contribution is -0.271. The van der Waals surface area contributed by atoms with Gasteiger partial charge in [0.15, 0.2) is 11.5 Å². The molecule has 0 aliphatic carbocycles. The predicted molar refractivity (Wildman–Crippen MR) is 109 cm³/mol. The van der Waals surface area contributed by atoms with Gasteiger partial charge in [-0.15, -0.1) is 0 Å². The minimum Gasteiger partial charge on any atom is -0.507 e. The summed E-state index contributed by atoms with van der Waals surface area (Å²) in [6.07, 6.45) is -8.45. The van der Waals surface area contributed by atoms with Crippen molar-refractivity contribution in [1.82, 2.24) is 0 Å². The fourth-order valence-electron chi connectivity index (χ4n) is 3.45. The van der Waals surface area contributed by atoms with Gasteiger partial charge in [0.25, 0.3) is 0 Å². The first kappa shape index (κ1) is 21.8. The van der Waals surface area contributed by atoms with Gasteiger partial charge in [0.1, 0.15) is 46.5 Å². The second-order valence-corrected chi connectivity index (χ2v) is 7.19. The van der Waals surface area contributed by atoms with Crippen LogP contribution in [-0.2, 0) is 14.3 Å². The van der Waals surface area contributed by atoms with E-state index in [4.69, 9.17) is 13.9 Å². The molecule has 0 radical (unpaired) electrons. The molecule has 5 atom stereocenters. The van der Waals surface area contributed by atoms with Gasteiger partial charge < -0.3 is 39.1 Å². The van der Waals surface area contributed by atoms with Crippen LogP contribution >= 0.6 is 0 Å². The van der Waals surface area contributed by atoms with E-state index in [1.54, 1.807) is 24.3 Å². The number of carbonyl (C=O) groups is 1. The van der Waals surface area contributed by atoms with Crippen molar-refractivity contribution in [3.63, 3.8) is 0 Å². The van der Waals surface area contributed by atoms with Gasteiger partial charge >= 0.3 is 5.97 Å². The van der Waals surface area contributed by atoms with Crippen molar-refractivity contribution in [2.75, 3.05) is 7.11 Å². The number of hydrogen-bond acceptors (Lipinski definition) is 10. The third-order valence-corrected chi connectivity index (χ3v) is 5.10. The number of fused-ring (bicyclic) bond motifs is 1. The first-order valence-corrected chi connectivity index (χ1v) is 9.60. The van der Waals surface area contributed by atoms with Crippen molar-refractivity contribution in [1.29, 1.82) is 0 Å². The molecule has 3 aromatic rings. The van der Waals surface area contributed by atoms with E-state index >= 15 is 0 Å². The van der Waals surface area contributed by atoms with Gasteiger partial charge in [-0.2, -0.15) is 0 Å². The van der Waals surface area contributed by atoms with Crippen molar-refractivity contribution < 1.29 is 43.8 Å². The minimum atomic E-state index is -1.77. The van der Waals surface area contributed by atoms with E-state index in [0.29, 0.717) is 5.56 Å². The fourth-order valence-corrected chi connectivity index (χ4v) is 3.45. The SMILES string of the molecule is COC(=O)C1OC(Oc2cc(O)c3c(=O)cc(-c4ccccc4)oc3c2)C(O)C(O)C1O. The van der Waals surface area contributed by atoms with Crippen LogP contribution in [0.4, 0.5) is 0 Å². The average molecular weight is 444 g/mol. The molecule has 10 heteroatoms. The summed E-state index contributed by atoms with van der Waals surface area (Å²) >= 11 is 0. The molecule has 1 aliphatic heterocycles. The Morgan fingerprint density at radius 2 is 1.72 bits per heavy atom. The topological polar surface area (TPSA) is 156 Å². The van der Waals surface area contributed by atoms with Gasteiger partial charge in [0, 0.05) is 23.8 Å². The summed E-state index contributed by atoms with van der Waals surface area (Å²) in [4.78, 5) is 24.4. The Kier molecular flexibility index (Phi) is 5.85. The molecule has 4 rings (SSSR count). The number of methoxy groups -OCH3 is 1. The molecule has 168 valence electrons. The second kappa shape index (κ2) is 8.60. The smallest absolute Gasteiger partial charge is 0.337 e. The van der Waals surface area contributed by atoms with Crippen molar-refractivity contribution in [2.45, 2.75) is 30.7 Å². The number of phenols is 1. The first-order valence-electron chi connectivity index (χ1n) is 9.60. The summed E-state index contributed by atoms with van der Waals surface area (Å²) in [5, 5.41) is 40.5. The maximum Gasteiger partial charge on any atom is 0.337 e. The highest BCUT2D eigenvalue weighted by atomic mass is 16.7. The highest BCUT2D eigenvalue weighted by Crippen LogP contribution is 2.33.